The number of nitrogens with zero attached hydrogens (tertiary/aromatic N) is 1. The number of carbonyl (C=O) groups excluding carboxylic acids is 2. The van der Waals surface area contributed by atoms with Crippen LogP contribution in [0.5, 0.6) is 0 Å². The fourth-order valence-electron chi connectivity index (χ4n) is 2.49. The average molecular weight is 382 g/mol. The lowest BCUT2D eigenvalue weighted by atomic mass is 9.98. The lowest BCUT2D eigenvalue weighted by molar-refractivity contribution is -0.112. The number of esters is 1. The quantitative estimate of drug-likeness (QED) is 0.440. The van der Waals surface area contributed by atoms with Gasteiger partial charge < -0.3 is 10.1 Å². The Bertz CT molecular complexity index is 892. The van der Waals surface area contributed by atoms with Crippen LogP contribution in [0.25, 0.3) is 0 Å². The standard InChI is InChI=1S/C21H22N2O3S/c1-13(2)18-11-17(21(25)26-4)20(27-18)23-19(24)16(12-22)10-14(3)15-8-6-5-7-9-15/h5-11,13-14H,1-4H3,(H,23,24)/b16-10+. The maximum absolute atomic E-state index is 12.6. The van der Waals surface area contributed by atoms with Gasteiger partial charge in [0.25, 0.3) is 5.91 Å². The number of hydrogen-bond donors (Lipinski definition) is 1. The third-order valence-corrected chi connectivity index (χ3v) is 5.41. The first-order valence-corrected chi connectivity index (χ1v) is 9.39. The number of methoxy groups -OCH3 is 1. The van der Waals surface area contributed by atoms with Gasteiger partial charge in [-0.25, -0.2) is 4.79 Å². The highest BCUT2D eigenvalue weighted by Crippen LogP contribution is 2.33. The van der Waals surface area contributed by atoms with Gasteiger partial charge in [0.2, 0.25) is 0 Å². The molecule has 140 valence electrons. The van der Waals surface area contributed by atoms with E-state index in [-0.39, 0.29) is 17.4 Å². The van der Waals surface area contributed by atoms with Crippen molar-refractivity contribution in [1.82, 2.24) is 0 Å². The molecule has 0 spiro atoms. The highest BCUT2D eigenvalue weighted by molar-refractivity contribution is 7.16. The van der Waals surface area contributed by atoms with Crippen LogP contribution in [0, 0.1) is 11.3 Å². The normalized spacial score (nSPS) is 12.4. The van der Waals surface area contributed by atoms with E-state index >= 15 is 0 Å². The molecule has 0 saturated heterocycles. The first-order valence-electron chi connectivity index (χ1n) is 8.57. The number of benzene rings is 1. The minimum absolute atomic E-state index is 0.00154. The molecule has 1 atom stereocenters. The van der Waals surface area contributed by atoms with Crippen LogP contribution in [-0.2, 0) is 9.53 Å². The third kappa shape index (κ3) is 5.05. The summed E-state index contributed by atoms with van der Waals surface area (Å²) in [4.78, 5) is 25.6. The first-order chi connectivity index (χ1) is 12.9. The molecule has 0 aliphatic heterocycles. The lowest BCUT2D eigenvalue weighted by Gasteiger charge is -2.08. The van der Waals surface area contributed by atoms with Crippen molar-refractivity contribution in [3.05, 3.63) is 64.1 Å². The van der Waals surface area contributed by atoms with Crippen molar-refractivity contribution < 1.29 is 14.3 Å². The topological polar surface area (TPSA) is 79.2 Å². The summed E-state index contributed by atoms with van der Waals surface area (Å²) >= 11 is 1.31. The molecule has 1 N–H and O–H groups in total. The Hall–Kier alpha value is -2.91. The van der Waals surface area contributed by atoms with Crippen LogP contribution < -0.4 is 5.32 Å². The number of hydrogen-bond acceptors (Lipinski definition) is 5. The molecule has 0 aliphatic rings. The van der Waals surface area contributed by atoms with Gasteiger partial charge in [-0.2, -0.15) is 5.26 Å². The number of amides is 1. The second-order valence-corrected chi connectivity index (χ2v) is 7.47. The van der Waals surface area contributed by atoms with Crippen molar-refractivity contribution in [1.29, 1.82) is 5.26 Å². The number of carbonyl (C=O) groups is 2. The molecule has 1 unspecified atom stereocenters. The van der Waals surface area contributed by atoms with Gasteiger partial charge in [-0.05, 0) is 17.5 Å². The maximum Gasteiger partial charge on any atom is 0.340 e. The molecule has 2 aromatic rings. The summed E-state index contributed by atoms with van der Waals surface area (Å²) in [6.07, 6.45) is 1.62. The van der Waals surface area contributed by atoms with Gasteiger partial charge in [-0.15, -0.1) is 11.3 Å². The van der Waals surface area contributed by atoms with Crippen molar-refractivity contribution in [2.75, 3.05) is 12.4 Å². The third-order valence-electron chi connectivity index (χ3n) is 4.06. The number of nitriles is 1. The van der Waals surface area contributed by atoms with Gasteiger partial charge >= 0.3 is 5.97 Å². The largest absolute Gasteiger partial charge is 0.465 e. The molecule has 27 heavy (non-hydrogen) atoms. The van der Waals surface area contributed by atoms with Gasteiger partial charge in [0, 0.05) is 10.8 Å². The summed E-state index contributed by atoms with van der Waals surface area (Å²) in [5.74, 6) is -0.953. The molecule has 0 bridgehead atoms. The number of rotatable bonds is 6. The Labute approximate surface area is 163 Å². The molecule has 0 fully saturated rings. The van der Waals surface area contributed by atoms with E-state index in [0.29, 0.717) is 10.6 Å². The Balaban J connectivity index is 2.28. The van der Waals surface area contributed by atoms with Crippen LogP contribution in [0.4, 0.5) is 5.00 Å². The van der Waals surface area contributed by atoms with E-state index in [0.717, 1.165) is 10.4 Å². The van der Waals surface area contributed by atoms with E-state index in [9.17, 15) is 14.9 Å². The van der Waals surface area contributed by atoms with Gasteiger partial charge in [0.05, 0.1) is 12.7 Å². The van der Waals surface area contributed by atoms with Crippen LogP contribution in [0.15, 0.2) is 48.0 Å². The number of thiophene rings is 1. The van der Waals surface area contributed by atoms with Crippen molar-refractivity contribution in [2.24, 2.45) is 0 Å². The molecule has 0 radical (unpaired) electrons. The Morgan fingerprint density at radius 2 is 1.89 bits per heavy atom. The average Bonchev–Trinajstić information content (AvgIpc) is 3.09. The van der Waals surface area contributed by atoms with Crippen molar-refractivity contribution in [3.8, 4) is 6.07 Å². The molecule has 1 amide bonds. The SMILES string of the molecule is COC(=O)c1cc(C(C)C)sc1NC(=O)/C(C#N)=C/C(C)c1ccccc1. The van der Waals surface area contributed by atoms with E-state index in [1.54, 1.807) is 12.1 Å². The smallest absolute Gasteiger partial charge is 0.340 e. The zero-order valence-corrected chi connectivity index (χ0v) is 16.6. The van der Waals surface area contributed by atoms with Crippen LogP contribution in [0.1, 0.15) is 53.4 Å². The summed E-state index contributed by atoms with van der Waals surface area (Å²) in [5.41, 5.74) is 1.31. The summed E-state index contributed by atoms with van der Waals surface area (Å²) in [6.45, 7) is 5.92. The Morgan fingerprint density at radius 1 is 1.22 bits per heavy atom. The minimum Gasteiger partial charge on any atom is -0.465 e. The molecule has 5 nitrogen and oxygen atoms in total. The molecule has 0 aliphatic carbocycles. The van der Waals surface area contributed by atoms with Crippen molar-refractivity contribution in [3.63, 3.8) is 0 Å². The van der Waals surface area contributed by atoms with Crippen LogP contribution >= 0.6 is 11.3 Å². The number of ether oxygens (including phenoxy) is 1. The Kier molecular flexibility index (Phi) is 6.91. The van der Waals surface area contributed by atoms with Crippen molar-refractivity contribution >= 4 is 28.2 Å². The number of nitrogens with one attached hydrogen (secondary N) is 1. The first kappa shape index (κ1) is 20.4. The molecular formula is C21H22N2O3S. The Morgan fingerprint density at radius 3 is 2.44 bits per heavy atom. The van der Waals surface area contributed by atoms with Gasteiger partial charge in [0.1, 0.15) is 16.6 Å². The van der Waals surface area contributed by atoms with E-state index in [1.165, 1.54) is 18.4 Å². The molecule has 2 rings (SSSR count). The molecule has 0 saturated carbocycles. The van der Waals surface area contributed by atoms with Gasteiger partial charge in [0.15, 0.2) is 0 Å². The summed E-state index contributed by atoms with van der Waals surface area (Å²) in [7, 11) is 1.29. The molecule has 1 heterocycles. The van der Waals surface area contributed by atoms with Crippen molar-refractivity contribution in [2.45, 2.75) is 32.6 Å². The van der Waals surface area contributed by atoms with Crippen LogP contribution in [-0.4, -0.2) is 19.0 Å². The highest BCUT2D eigenvalue weighted by atomic mass is 32.1. The lowest BCUT2D eigenvalue weighted by Crippen LogP contribution is -2.15. The predicted octanol–water partition coefficient (Wildman–Crippen LogP) is 4.85. The zero-order chi connectivity index (χ0) is 20.0. The zero-order valence-electron chi connectivity index (χ0n) is 15.8. The summed E-state index contributed by atoms with van der Waals surface area (Å²) in [5, 5.41) is 12.5. The monoisotopic (exact) mass is 382 g/mol. The second-order valence-electron chi connectivity index (χ2n) is 6.38. The van der Waals surface area contributed by atoms with Gasteiger partial charge in [-0.3, -0.25) is 4.79 Å². The van der Waals surface area contributed by atoms with Crippen LogP contribution in [0.3, 0.4) is 0 Å². The molecule has 1 aromatic heterocycles. The molecular weight excluding hydrogens is 360 g/mol. The number of allylic oxidation sites excluding steroid dienone is 1. The van der Waals surface area contributed by atoms with E-state index in [2.05, 4.69) is 5.32 Å². The van der Waals surface area contributed by atoms with Crippen LogP contribution in [0.2, 0.25) is 0 Å². The van der Waals surface area contributed by atoms with E-state index in [1.807, 2.05) is 57.2 Å². The highest BCUT2D eigenvalue weighted by Gasteiger charge is 2.21. The van der Waals surface area contributed by atoms with E-state index < -0.39 is 11.9 Å². The summed E-state index contributed by atoms with van der Waals surface area (Å²) in [6, 6.07) is 13.3. The van der Waals surface area contributed by atoms with Gasteiger partial charge in [-0.1, -0.05) is 57.2 Å². The molecule has 1 aromatic carbocycles. The predicted molar refractivity (Wildman–Crippen MR) is 107 cm³/mol. The maximum atomic E-state index is 12.6. The molecule has 6 heteroatoms. The van der Waals surface area contributed by atoms with E-state index in [4.69, 9.17) is 4.74 Å². The number of anilines is 1. The minimum atomic E-state index is -0.539. The second kappa shape index (κ2) is 9.15. The fourth-order valence-corrected chi connectivity index (χ4v) is 3.53. The summed E-state index contributed by atoms with van der Waals surface area (Å²) < 4.78 is 4.80. The fraction of sp³-hybridized carbons (Fsp3) is 0.286.